The number of aryl methyl sites for hydroxylation is 2. The van der Waals surface area contributed by atoms with Gasteiger partial charge in [-0.2, -0.15) is 9.40 Å². The number of ether oxygens (including phenoxy) is 1. The highest BCUT2D eigenvalue weighted by Crippen LogP contribution is 2.32. The number of nitrogens with two attached hydrogens (primary N) is 1. The number of nitrogens with zero attached hydrogens (tertiary/aromatic N) is 4. The summed E-state index contributed by atoms with van der Waals surface area (Å²) >= 11 is 6.20. The van der Waals surface area contributed by atoms with Gasteiger partial charge in [0.2, 0.25) is 10.0 Å². The molecule has 11 nitrogen and oxygen atoms in total. The smallest absolute Gasteiger partial charge is 0.259 e. The van der Waals surface area contributed by atoms with Crippen LogP contribution in [-0.2, 0) is 21.9 Å². The summed E-state index contributed by atoms with van der Waals surface area (Å²) in [5, 5.41) is 6.55. The minimum atomic E-state index is -4.25. The first-order valence-corrected chi connectivity index (χ1v) is 11.6. The minimum Gasteiger partial charge on any atom is -0.497 e. The van der Waals surface area contributed by atoms with E-state index in [-0.39, 0.29) is 47.5 Å². The lowest BCUT2D eigenvalue weighted by molar-refractivity contribution is -0.127. The number of benzene rings is 1. The molecule has 2 aromatic rings. The van der Waals surface area contributed by atoms with Crippen molar-refractivity contribution in [1.82, 2.24) is 24.3 Å². The highest BCUT2D eigenvalue weighted by Gasteiger charge is 2.48. The van der Waals surface area contributed by atoms with Crippen molar-refractivity contribution in [1.29, 1.82) is 0 Å². The Labute approximate surface area is 191 Å². The fraction of sp³-hybridized carbons (Fsp3) is 0.421. The second-order valence-corrected chi connectivity index (χ2v) is 9.31. The van der Waals surface area contributed by atoms with Gasteiger partial charge in [0.15, 0.2) is 6.17 Å². The number of carbonyl (C=O) groups excluding carboxylic acids is 2. The fourth-order valence-electron chi connectivity index (χ4n) is 3.57. The molecule has 1 aliphatic heterocycles. The lowest BCUT2D eigenvalue weighted by atomic mass is 10.2. The van der Waals surface area contributed by atoms with Gasteiger partial charge in [0.05, 0.1) is 12.8 Å². The van der Waals surface area contributed by atoms with Gasteiger partial charge in [0, 0.05) is 38.8 Å². The molecular formula is C19H25ClN6O5S. The van der Waals surface area contributed by atoms with Gasteiger partial charge in [-0.25, -0.2) is 8.42 Å². The van der Waals surface area contributed by atoms with Crippen molar-refractivity contribution >= 4 is 33.4 Å². The first kappa shape index (κ1) is 24.0. The van der Waals surface area contributed by atoms with Crippen LogP contribution in [0.2, 0.25) is 5.15 Å². The van der Waals surface area contributed by atoms with E-state index < -0.39 is 28.0 Å². The van der Waals surface area contributed by atoms with E-state index in [0.717, 1.165) is 4.31 Å². The average Bonchev–Trinajstić information content (AvgIpc) is 3.33. The van der Waals surface area contributed by atoms with Gasteiger partial charge in [0.25, 0.3) is 11.8 Å². The second-order valence-electron chi connectivity index (χ2n) is 7.13. The number of aromatic nitrogens is 2. The van der Waals surface area contributed by atoms with Crippen molar-refractivity contribution < 1.29 is 22.7 Å². The van der Waals surface area contributed by atoms with Crippen LogP contribution in [0.15, 0.2) is 29.2 Å². The third kappa shape index (κ3) is 4.31. The molecule has 1 fully saturated rings. The van der Waals surface area contributed by atoms with Crippen molar-refractivity contribution in [2.75, 3.05) is 33.3 Å². The lowest BCUT2D eigenvalue weighted by Crippen LogP contribution is -2.54. The van der Waals surface area contributed by atoms with E-state index in [9.17, 15) is 18.0 Å². The van der Waals surface area contributed by atoms with Gasteiger partial charge >= 0.3 is 0 Å². The number of methoxy groups -OCH3 is 1. The van der Waals surface area contributed by atoms with Gasteiger partial charge in [-0.05, 0) is 25.1 Å². The third-order valence-electron chi connectivity index (χ3n) is 5.05. The molecule has 174 valence electrons. The maximum Gasteiger partial charge on any atom is 0.259 e. The molecule has 0 spiro atoms. The van der Waals surface area contributed by atoms with E-state index in [2.05, 4.69) is 10.4 Å². The SMILES string of the molecule is COc1cccc(C(=O)N2CCN(S(=O)(=O)c3c(C)nn(C)c3Cl)C2C(=O)NCCN)c1. The Bertz CT molecular complexity index is 1140. The number of sulfonamides is 1. The van der Waals surface area contributed by atoms with Crippen LogP contribution in [0.3, 0.4) is 0 Å². The largest absolute Gasteiger partial charge is 0.497 e. The third-order valence-corrected chi connectivity index (χ3v) is 7.60. The van der Waals surface area contributed by atoms with E-state index in [0.29, 0.717) is 5.75 Å². The highest BCUT2D eigenvalue weighted by atomic mass is 35.5. The molecule has 1 saturated heterocycles. The first-order chi connectivity index (χ1) is 15.1. The predicted octanol–water partition coefficient (Wildman–Crippen LogP) is -0.0618. The van der Waals surface area contributed by atoms with E-state index in [1.807, 2.05) is 0 Å². The van der Waals surface area contributed by atoms with Crippen LogP contribution in [0.25, 0.3) is 0 Å². The van der Waals surface area contributed by atoms with Crippen LogP contribution in [0.4, 0.5) is 0 Å². The normalized spacial score (nSPS) is 16.9. The molecule has 2 amide bonds. The summed E-state index contributed by atoms with van der Waals surface area (Å²) in [5.74, 6) is -0.713. The molecule has 0 radical (unpaired) electrons. The minimum absolute atomic E-state index is 0.00686. The van der Waals surface area contributed by atoms with E-state index in [1.54, 1.807) is 18.2 Å². The van der Waals surface area contributed by atoms with E-state index in [1.165, 1.54) is 36.7 Å². The molecule has 3 N–H and O–H groups in total. The van der Waals surface area contributed by atoms with Crippen LogP contribution in [0, 0.1) is 6.92 Å². The van der Waals surface area contributed by atoms with E-state index >= 15 is 0 Å². The second kappa shape index (κ2) is 9.45. The molecule has 0 aliphatic carbocycles. The Kier molecular flexibility index (Phi) is 7.08. The maximum atomic E-state index is 13.5. The van der Waals surface area contributed by atoms with Crippen LogP contribution < -0.4 is 15.8 Å². The Morgan fingerprint density at radius 3 is 2.66 bits per heavy atom. The first-order valence-electron chi connectivity index (χ1n) is 9.77. The number of hydrogen-bond donors (Lipinski definition) is 2. The zero-order valence-electron chi connectivity index (χ0n) is 17.9. The van der Waals surface area contributed by atoms with Crippen molar-refractivity contribution in [3.8, 4) is 5.75 Å². The van der Waals surface area contributed by atoms with E-state index in [4.69, 9.17) is 22.1 Å². The topological polar surface area (TPSA) is 140 Å². The highest BCUT2D eigenvalue weighted by molar-refractivity contribution is 7.89. The molecule has 1 aromatic heterocycles. The predicted molar refractivity (Wildman–Crippen MR) is 117 cm³/mol. The standard InChI is InChI=1S/C19H25ClN6O5S/c1-12-15(16(20)24(2)23-12)32(29,30)26-10-9-25(18(26)17(27)22-8-7-21)19(28)13-5-4-6-14(11-13)31-3/h4-6,11,18H,7-10,21H2,1-3H3,(H,22,27). The Morgan fingerprint density at radius 2 is 2.06 bits per heavy atom. The summed E-state index contributed by atoms with van der Waals surface area (Å²) in [6, 6.07) is 6.41. The fourth-order valence-corrected chi connectivity index (χ4v) is 5.83. The zero-order chi connectivity index (χ0) is 23.6. The average molecular weight is 485 g/mol. The molecular weight excluding hydrogens is 460 g/mol. The molecule has 1 unspecified atom stereocenters. The lowest BCUT2D eigenvalue weighted by Gasteiger charge is -2.28. The summed E-state index contributed by atoms with van der Waals surface area (Å²) in [5.41, 5.74) is 5.93. The van der Waals surface area contributed by atoms with Crippen molar-refractivity contribution in [2.24, 2.45) is 12.8 Å². The number of halogens is 1. The number of carbonyl (C=O) groups is 2. The number of rotatable bonds is 7. The van der Waals surface area contributed by atoms with Crippen molar-refractivity contribution in [3.05, 3.63) is 40.7 Å². The Hall–Kier alpha value is -2.67. The molecule has 1 aliphatic rings. The monoisotopic (exact) mass is 484 g/mol. The molecule has 0 bridgehead atoms. The van der Waals surface area contributed by atoms with Gasteiger partial charge in [-0.15, -0.1) is 0 Å². The summed E-state index contributed by atoms with van der Waals surface area (Å²) < 4.78 is 34.4. The molecule has 1 aromatic carbocycles. The summed E-state index contributed by atoms with van der Waals surface area (Å²) in [4.78, 5) is 27.3. The summed E-state index contributed by atoms with van der Waals surface area (Å²) in [6.07, 6.45) is -1.42. The molecule has 13 heteroatoms. The van der Waals surface area contributed by atoms with Crippen molar-refractivity contribution in [2.45, 2.75) is 18.0 Å². The molecule has 1 atom stereocenters. The van der Waals surface area contributed by atoms with Crippen LogP contribution in [0.5, 0.6) is 5.75 Å². The van der Waals surface area contributed by atoms with Crippen LogP contribution in [0.1, 0.15) is 16.1 Å². The molecule has 32 heavy (non-hydrogen) atoms. The van der Waals surface area contributed by atoms with Gasteiger partial charge in [0.1, 0.15) is 15.8 Å². The summed E-state index contributed by atoms with van der Waals surface area (Å²) in [6.45, 7) is 1.70. The maximum absolute atomic E-state index is 13.5. The van der Waals surface area contributed by atoms with Gasteiger partial charge in [-0.1, -0.05) is 17.7 Å². The van der Waals surface area contributed by atoms with Crippen molar-refractivity contribution in [3.63, 3.8) is 0 Å². The molecule has 3 rings (SSSR count). The molecule has 2 heterocycles. The zero-order valence-corrected chi connectivity index (χ0v) is 19.5. The van der Waals surface area contributed by atoms with Gasteiger partial charge in [-0.3, -0.25) is 14.3 Å². The number of hydrogen-bond acceptors (Lipinski definition) is 7. The van der Waals surface area contributed by atoms with Crippen LogP contribution in [-0.4, -0.2) is 78.7 Å². The quantitative estimate of drug-likeness (QED) is 0.561. The Balaban J connectivity index is 2.03. The number of amides is 2. The summed E-state index contributed by atoms with van der Waals surface area (Å²) in [7, 11) is -1.27. The van der Waals surface area contributed by atoms with Crippen LogP contribution >= 0.6 is 11.6 Å². The molecule has 0 saturated carbocycles. The number of nitrogens with one attached hydrogen (secondary N) is 1. The Morgan fingerprint density at radius 1 is 1.34 bits per heavy atom. The van der Waals surface area contributed by atoms with Gasteiger partial charge < -0.3 is 20.7 Å².